The van der Waals surface area contributed by atoms with Crippen LogP contribution in [0.5, 0.6) is 0 Å². The zero-order chi connectivity index (χ0) is 27.2. The highest BCUT2D eigenvalue weighted by molar-refractivity contribution is 6.31. The van der Waals surface area contributed by atoms with Crippen molar-refractivity contribution >= 4 is 34.9 Å². The molecule has 0 bridgehead atoms. The van der Waals surface area contributed by atoms with E-state index < -0.39 is 29.2 Å². The van der Waals surface area contributed by atoms with Crippen LogP contribution in [0, 0.1) is 5.82 Å². The number of amides is 2. The van der Waals surface area contributed by atoms with Crippen molar-refractivity contribution in [2.75, 3.05) is 11.4 Å². The van der Waals surface area contributed by atoms with Gasteiger partial charge < -0.3 is 9.42 Å². The van der Waals surface area contributed by atoms with E-state index in [9.17, 15) is 18.8 Å². The largest absolute Gasteiger partial charge is 0.447 e. The van der Waals surface area contributed by atoms with Gasteiger partial charge in [0, 0.05) is 22.3 Å². The Hall–Kier alpha value is -3.82. The fraction of sp³-hybridized carbons (Fsp3) is 0.222. The topological polar surface area (TPSA) is 80.7 Å². The van der Waals surface area contributed by atoms with E-state index in [1.807, 2.05) is 0 Å². The van der Waals surface area contributed by atoms with Crippen molar-refractivity contribution in [2.24, 2.45) is 0 Å². The van der Waals surface area contributed by atoms with Crippen LogP contribution in [0.2, 0.25) is 10.0 Å². The molecule has 3 aromatic carbocycles. The van der Waals surface area contributed by atoms with Crippen molar-refractivity contribution < 1.29 is 13.7 Å². The van der Waals surface area contributed by atoms with Crippen LogP contribution >= 0.6 is 23.2 Å². The molecule has 1 aliphatic heterocycles. The van der Waals surface area contributed by atoms with Gasteiger partial charge in [0.05, 0.1) is 11.2 Å². The summed E-state index contributed by atoms with van der Waals surface area (Å²) in [6.45, 7) is 3.83. The molecule has 1 atom stereocenters. The lowest BCUT2D eigenvalue weighted by molar-refractivity contribution is 0.0975. The predicted octanol–water partition coefficient (Wildman–Crippen LogP) is 5.50. The van der Waals surface area contributed by atoms with Crippen LogP contribution < -0.4 is 16.3 Å². The maximum Gasteiger partial charge on any atom is 0.447 e. The summed E-state index contributed by atoms with van der Waals surface area (Å²) in [7, 11) is 0. The molecule has 4 aromatic rings. The molecule has 8 nitrogen and oxygen atoms in total. The van der Waals surface area contributed by atoms with E-state index in [1.54, 1.807) is 73.3 Å². The Labute approximate surface area is 227 Å². The zero-order valence-corrected chi connectivity index (χ0v) is 22.0. The van der Waals surface area contributed by atoms with E-state index in [0.717, 1.165) is 14.9 Å². The fourth-order valence-corrected chi connectivity index (χ4v) is 5.18. The molecule has 196 valence electrons. The Morgan fingerprint density at radius 2 is 1.50 bits per heavy atom. The molecule has 1 aromatic heterocycles. The van der Waals surface area contributed by atoms with Crippen molar-refractivity contribution in [3.05, 3.63) is 115 Å². The molecule has 0 radical (unpaired) electrons. The second-order valence-corrected chi connectivity index (χ2v) is 10.3. The molecule has 38 heavy (non-hydrogen) atoms. The maximum absolute atomic E-state index is 13.9. The molecule has 2 amide bonds. The van der Waals surface area contributed by atoms with Gasteiger partial charge in [0.2, 0.25) is 0 Å². The molecule has 5 rings (SSSR count). The number of carbonyl (C=O) groups excluding carboxylic acids is 1. The summed E-state index contributed by atoms with van der Waals surface area (Å²) in [6, 6.07) is 18.5. The quantitative estimate of drug-likeness (QED) is 0.314. The van der Waals surface area contributed by atoms with Gasteiger partial charge in [-0.05, 0) is 74.4 Å². The van der Waals surface area contributed by atoms with Gasteiger partial charge in [-0.3, -0.25) is 4.90 Å². The van der Waals surface area contributed by atoms with Crippen molar-refractivity contribution in [1.29, 1.82) is 0 Å². The summed E-state index contributed by atoms with van der Waals surface area (Å²) in [4.78, 5) is 43.4. The number of nitrogens with zero attached hydrogens (tertiary/aromatic N) is 4. The SMILES string of the molecule is CC1(C)[C@H](n2oc(=O)n(-c3cccc(Cl)c3)c2=O)N(c2cccc(Cl)c2)C(=O)N1CCc1ccc(F)cc1. The van der Waals surface area contributed by atoms with Crippen molar-refractivity contribution in [3.8, 4) is 5.69 Å². The fourth-order valence-electron chi connectivity index (χ4n) is 4.81. The zero-order valence-electron chi connectivity index (χ0n) is 20.5. The third kappa shape index (κ3) is 4.52. The van der Waals surface area contributed by atoms with Gasteiger partial charge >= 0.3 is 17.5 Å². The lowest BCUT2D eigenvalue weighted by Gasteiger charge is -2.34. The summed E-state index contributed by atoms with van der Waals surface area (Å²) in [5, 5.41) is 0.729. The number of hydrogen-bond acceptors (Lipinski definition) is 4. The number of aromatic nitrogens is 2. The Bertz CT molecular complexity index is 1630. The number of benzene rings is 3. The van der Waals surface area contributed by atoms with Gasteiger partial charge in [-0.15, -0.1) is 4.74 Å². The van der Waals surface area contributed by atoms with Gasteiger partial charge in [-0.1, -0.05) is 47.5 Å². The normalized spacial score (nSPS) is 16.9. The first-order valence-electron chi connectivity index (χ1n) is 11.8. The highest BCUT2D eigenvalue weighted by Gasteiger charge is 2.55. The van der Waals surface area contributed by atoms with Crippen LogP contribution in [0.25, 0.3) is 5.69 Å². The molecule has 0 spiro atoms. The number of halogens is 3. The third-order valence-electron chi connectivity index (χ3n) is 6.66. The predicted molar refractivity (Wildman–Crippen MR) is 143 cm³/mol. The number of hydrogen-bond donors (Lipinski definition) is 0. The second kappa shape index (κ2) is 9.81. The van der Waals surface area contributed by atoms with Crippen molar-refractivity contribution in [3.63, 3.8) is 0 Å². The number of carbonyl (C=O) groups is 1. The molecule has 0 saturated carbocycles. The van der Waals surface area contributed by atoms with Crippen LogP contribution in [0.15, 0.2) is 86.9 Å². The summed E-state index contributed by atoms with van der Waals surface area (Å²) in [6.07, 6.45) is -0.601. The van der Waals surface area contributed by atoms with Gasteiger partial charge in [-0.25, -0.2) is 18.8 Å². The first-order chi connectivity index (χ1) is 18.1. The minimum absolute atomic E-state index is 0.236. The van der Waals surface area contributed by atoms with Crippen LogP contribution in [0.1, 0.15) is 25.6 Å². The average Bonchev–Trinajstić information content (AvgIpc) is 3.26. The molecule has 1 aliphatic rings. The number of anilines is 1. The van der Waals surface area contributed by atoms with Crippen LogP contribution in [0.4, 0.5) is 14.9 Å². The molecule has 1 saturated heterocycles. The molecule has 1 fully saturated rings. The van der Waals surface area contributed by atoms with Gasteiger partial charge in [0.25, 0.3) is 0 Å². The highest BCUT2D eigenvalue weighted by Crippen LogP contribution is 2.42. The molecular formula is C27H23Cl2FN4O4. The van der Waals surface area contributed by atoms with E-state index >= 15 is 0 Å². The second-order valence-electron chi connectivity index (χ2n) is 9.47. The van der Waals surface area contributed by atoms with Crippen LogP contribution in [0.3, 0.4) is 0 Å². The van der Waals surface area contributed by atoms with Gasteiger partial charge in [-0.2, -0.15) is 4.57 Å². The highest BCUT2D eigenvalue weighted by atomic mass is 35.5. The maximum atomic E-state index is 13.9. The van der Waals surface area contributed by atoms with Gasteiger partial charge in [0.1, 0.15) is 5.82 Å². The van der Waals surface area contributed by atoms with Gasteiger partial charge in [0.15, 0.2) is 6.17 Å². The number of urea groups is 1. The molecule has 0 aliphatic carbocycles. The van der Waals surface area contributed by atoms with E-state index in [2.05, 4.69) is 0 Å². The molecule has 0 unspecified atom stereocenters. The first kappa shape index (κ1) is 25.8. The minimum Gasteiger partial charge on any atom is -0.315 e. The van der Waals surface area contributed by atoms with Crippen LogP contribution in [-0.4, -0.2) is 32.3 Å². The van der Waals surface area contributed by atoms with Crippen molar-refractivity contribution in [1.82, 2.24) is 14.2 Å². The van der Waals surface area contributed by atoms with Crippen molar-refractivity contribution in [2.45, 2.75) is 32.0 Å². The average molecular weight is 557 g/mol. The third-order valence-corrected chi connectivity index (χ3v) is 7.13. The smallest absolute Gasteiger partial charge is 0.315 e. The van der Waals surface area contributed by atoms with E-state index in [0.29, 0.717) is 22.2 Å². The Morgan fingerprint density at radius 3 is 2.13 bits per heavy atom. The Morgan fingerprint density at radius 1 is 0.895 bits per heavy atom. The summed E-state index contributed by atoms with van der Waals surface area (Å²) in [5.74, 6) is -1.27. The molecule has 11 heteroatoms. The van der Waals surface area contributed by atoms with E-state index in [1.165, 1.54) is 23.1 Å². The standard InChI is InChI=1S/C27H23Cl2FN4O4/c1-27(2)23(34-25(36)33(26(37)38-34)22-8-4-6-19(29)16-22)32(21-7-3-5-18(28)15-21)24(35)31(27)14-13-17-9-11-20(30)12-10-17/h3-12,15-16,23H,13-14H2,1-2H3/t23-/m0/s1. The number of rotatable bonds is 6. The van der Waals surface area contributed by atoms with E-state index in [-0.39, 0.29) is 18.0 Å². The molecular weight excluding hydrogens is 534 g/mol. The summed E-state index contributed by atoms with van der Waals surface area (Å²) < 4.78 is 20.6. The van der Waals surface area contributed by atoms with Crippen LogP contribution in [-0.2, 0) is 6.42 Å². The molecule has 2 heterocycles. The minimum atomic E-state index is -1.04. The lowest BCUT2D eigenvalue weighted by Crippen LogP contribution is -2.47. The monoisotopic (exact) mass is 556 g/mol. The lowest BCUT2D eigenvalue weighted by atomic mass is 9.99. The Kier molecular flexibility index (Phi) is 6.66. The molecule has 0 N–H and O–H groups in total. The summed E-state index contributed by atoms with van der Waals surface area (Å²) in [5.41, 5.74) is -0.298. The summed E-state index contributed by atoms with van der Waals surface area (Å²) >= 11 is 12.3. The Balaban J connectivity index is 1.61. The van der Waals surface area contributed by atoms with E-state index in [4.69, 9.17) is 27.7 Å². The first-order valence-corrected chi connectivity index (χ1v) is 12.5.